The minimum Gasteiger partial charge on any atom is -0.497 e. The molecule has 0 bridgehead atoms. The molecule has 172 valence electrons. The van der Waals surface area contributed by atoms with Crippen molar-refractivity contribution in [1.82, 2.24) is 19.8 Å². The van der Waals surface area contributed by atoms with Crippen LogP contribution in [0.25, 0.3) is 16.6 Å². The van der Waals surface area contributed by atoms with Gasteiger partial charge in [0, 0.05) is 11.1 Å². The van der Waals surface area contributed by atoms with E-state index in [1.807, 2.05) is 67.6 Å². The van der Waals surface area contributed by atoms with E-state index in [1.165, 1.54) is 4.52 Å². The normalized spacial score (nSPS) is 11.8. The van der Waals surface area contributed by atoms with E-state index in [2.05, 4.69) is 20.6 Å². The second kappa shape index (κ2) is 8.11. The summed E-state index contributed by atoms with van der Waals surface area (Å²) in [6.45, 7) is 5.52. The summed E-state index contributed by atoms with van der Waals surface area (Å²) in [5, 5.41) is 12.2. The molecule has 0 atom stereocenters. The third-order valence-electron chi connectivity index (χ3n) is 5.70. The molecule has 2 heterocycles. The van der Waals surface area contributed by atoms with E-state index in [0.717, 1.165) is 22.4 Å². The molecule has 0 aliphatic heterocycles. The van der Waals surface area contributed by atoms with Gasteiger partial charge in [-0.25, -0.2) is 13.4 Å². The number of methoxy groups -OCH3 is 1. The molecule has 0 amide bonds. The van der Waals surface area contributed by atoms with Crippen molar-refractivity contribution in [3.05, 3.63) is 77.4 Å². The Labute approximate surface area is 197 Å². The van der Waals surface area contributed by atoms with Crippen LogP contribution in [-0.4, -0.2) is 35.3 Å². The zero-order valence-corrected chi connectivity index (χ0v) is 20.0. The van der Waals surface area contributed by atoms with Crippen LogP contribution in [0.3, 0.4) is 0 Å². The van der Waals surface area contributed by atoms with Crippen LogP contribution in [-0.2, 0) is 9.84 Å². The predicted octanol–water partition coefficient (Wildman–Crippen LogP) is 4.79. The van der Waals surface area contributed by atoms with E-state index in [9.17, 15) is 8.42 Å². The molecule has 1 N–H and O–H groups in total. The van der Waals surface area contributed by atoms with E-state index < -0.39 is 9.84 Å². The van der Waals surface area contributed by atoms with E-state index in [0.29, 0.717) is 22.5 Å². The van der Waals surface area contributed by atoms with Gasteiger partial charge in [0.05, 0.1) is 17.5 Å². The van der Waals surface area contributed by atoms with Crippen LogP contribution in [0, 0.1) is 20.8 Å². The summed E-state index contributed by atoms with van der Waals surface area (Å²) >= 11 is 0. The molecule has 0 aliphatic carbocycles. The summed E-state index contributed by atoms with van der Waals surface area (Å²) in [5.74, 6) is 1.24. The van der Waals surface area contributed by atoms with Crippen molar-refractivity contribution >= 4 is 37.9 Å². The first kappa shape index (κ1) is 21.8. The van der Waals surface area contributed by atoms with Crippen LogP contribution in [0.5, 0.6) is 5.75 Å². The van der Waals surface area contributed by atoms with Gasteiger partial charge in [-0.3, -0.25) is 0 Å². The molecule has 0 saturated heterocycles. The lowest BCUT2D eigenvalue weighted by atomic mass is 10.1. The number of para-hydroxylation sites is 1. The largest absolute Gasteiger partial charge is 0.497 e. The lowest BCUT2D eigenvalue weighted by molar-refractivity contribution is 0.415. The first-order valence-corrected chi connectivity index (χ1v) is 12.2. The summed E-state index contributed by atoms with van der Waals surface area (Å²) in [5.41, 5.74) is 3.96. The molecule has 34 heavy (non-hydrogen) atoms. The number of nitrogens with zero attached hydrogens (tertiary/aromatic N) is 4. The minimum absolute atomic E-state index is 0.161. The molecule has 0 radical (unpaired) electrons. The lowest BCUT2D eigenvalue weighted by Crippen LogP contribution is -2.09. The number of fused-ring (bicyclic) bond motifs is 3. The molecule has 8 nitrogen and oxygen atoms in total. The maximum absolute atomic E-state index is 13.7. The van der Waals surface area contributed by atoms with Crippen molar-refractivity contribution in [1.29, 1.82) is 0 Å². The molecule has 5 aromatic rings. The van der Waals surface area contributed by atoms with Crippen LogP contribution < -0.4 is 10.1 Å². The highest BCUT2D eigenvalue weighted by molar-refractivity contribution is 7.91. The molecule has 2 aromatic heterocycles. The first-order chi connectivity index (χ1) is 16.3. The third-order valence-corrected chi connectivity index (χ3v) is 7.66. The van der Waals surface area contributed by atoms with Crippen molar-refractivity contribution in [2.75, 3.05) is 12.4 Å². The van der Waals surface area contributed by atoms with Gasteiger partial charge < -0.3 is 10.1 Å². The number of sulfone groups is 1. The van der Waals surface area contributed by atoms with Gasteiger partial charge in [0.25, 0.3) is 0 Å². The lowest BCUT2D eigenvalue weighted by Gasteiger charge is -2.12. The number of hydrogen-bond donors (Lipinski definition) is 1. The van der Waals surface area contributed by atoms with Gasteiger partial charge in [0.2, 0.25) is 14.9 Å². The number of ether oxygens (including phenoxy) is 1. The minimum atomic E-state index is -3.97. The van der Waals surface area contributed by atoms with Crippen molar-refractivity contribution in [3.63, 3.8) is 0 Å². The van der Waals surface area contributed by atoms with Crippen LogP contribution in [0.1, 0.15) is 16.7 Å². The zero-order chi connectivity index (χ0) is 24.0. The van der Waals surface area contributed by atoms with Gasteiger partial charge in [-0.1, -0.05) is 35.0 Å². The maximum Gasteiger partial charge on any atom is 0.230 e. The topological polar surface area (TPSA) is 98.5 Å². The monoisotopic (exact) mass is 473 g/mol. The molecule has 3 aromatic carbocycles. The van der Waals surface area contributed by atoms with Gasteiger partial charge in [-0.15, -0.1) is 5.10 Å². The number of hydrogen-bond acceptors (Lipinski definition) is 7. The first-order valence-electron chi connectivity index (χ1n) is 10.7. The smallest absolute Gasteiger partial charge is 0.230 e. The molecule has 9 heteroatoms. The Morgan fingerprint density at radius 2 is 1.62 bits per heavy atom. The van der Waals surface area contributed by atoms with Gasteiger partial charge in [0.1, 0.15) is 11.6 Å². The van der Waals surface area contributed by atoms with Gasteiger partial charge in [0.15, 0.2) is 5.65 Å². The van der Waals surface area contributed by atoms with E-state index in [-0.39, 0.29) is 15.6 Å². The van der Waals surface area contributed by atoms with Gasteiger partial charge in [-0.05, 0) is 68.3 Å². The molecule has 0 unspecified atom stereocenters. The fraction of sp³-hybridized carbons (Fsp3) is 0.160. The number of benzene rings is 3. The Bertz CT molecular complexity index is 1640. The number of nitrogens with one attached hydrogen (secondary N) is 1. The molecule has 0 fully saturated rings. The van der Waals surface area contributed by atoms with Crippen molar-refractivity contribution in [3.8, 4) is 5.75 Å². The highest BCUT2D eigenvalue weighted by Crippen LogP contribution is 2.32. The maximum atomic E-state index is 13.7. The predicted molar refractivity (Wildman–Crippen MR) is 131 cm³/mol. The Hall–Kier alpha value is -3.98. The fourth-order valence-electron chi connectivity index (χ4n) is 4.31. The second-order valence-corrected chi connectivity index (χ2v) is 9.99. The summed E-state index contributed by atoms with van der Waals surface area (Å²) < 4.78 is 34.2. The third kappa shape index (κ3) is 3.54. The van der Waals surface area contributed by atoms with Crippen LogP contribution in [0.2, 0.25) is 0 Å². The second-order valence-electron chi connectivity index (χ2n) is 8.19. The Balaban J connectivity index is 1.73. The number of aryl methyl sites for hydroxylation is 3. The average Bonchev–Trinajstić information content (AvgIpc) is 3.24. The Morgan fingerprint density at radius 1 is 0.941 bits per heavy atom. The number of aromatic nitrogens is 4. The average molecular weight is 474 g/mol. The molecule has 0 saturated carbocycles. The zero-order valence-electron chi connectivity index (χ0n) is 19.2. The highest BCUT2D eigenvalue weighted by Gasteiger charge is 2.30. The quantitative estimate of drug-likeness (QED) is 0.392. The van der Waals surface area contributed by atoms with Crippen LogP contribution in [0.4, 0.5) is 11.5 Å². The van der Waals surface area contributed by atoms with E-state index in [4.69, 9.17) is 4.74 Å². The summed E-state index contributed by atoms with van der Waals surface area (Å²) in [6, 6.07) is 18.6. The summed E-state index contributed by atoms with van der Waals surface area (Å²) in [7, 11) is -2.36. The van der Waals surface area contributed by atoms with Gasteiger partial charge in [-0.2, -0.15) is 4.52 Å². The van der Waals surface area contributed by atoms with E-state index in [1.54, 1.807) is 21.0 Å². The van der Waals surface area contributed by atoms with Crippen molar-refractivity contribution in [2.24, 2.45) is 0 Å². The Kier molecular flexibility index (Phi) is 5.21. The number of anilines is 2. The van der Waals surface area contributed by atoms with Crippen LogP contribution in [0.15, 0.2) is 70.6 Å². The molecular formula is C25H23N5O3S. The molecular weight excluding hydrogens is 450 g/mol. The van der Waals surface area contributed by atoms with Crippen LogP contribution >= 0.6 is 0 Å². The summed E-state index contributed by atoms with van der Waals surface area (Å²) in [4.78, 5) is 4.92. The summed E-state index contributed by atoms with van der Waals surface area (Å²) in [6.07, 6.45) is 0. The van der Waals surface area contributed by atoms with E-state index >= 15 is 0 Å². The fourth-order valence-corrected chi connectivity index (χ4v) is 5.99. The number of rotatable bonds is 5. The molecule has 0 spiro atoms. The SMILES string of the molecule is COc1ccc(Nc2nc3c(S(=O)(=O)c4c(C)cc(C)cc4C)nnn3c3ccccc23)cc1. The van der Waals surface area contributed by atoms with Crippen molar-refractivity contribution in [2.45, 2.75) is 30.7 Å². The Morgan fingerprint density at radius 3 is 2.29 bits per heavy atom. The molecule has 0 aliphatic rings. The highest BCUT2D eigenvalue weighted by atomic mass is 32.2. The standard InChI is InChI=1S/C25H23N5O3S/c1-15-13-16(2)22(17(3)14-15)34(31,32)25-24-27-23(26-18-9-11-19(33-4)12-10-18)20-7-5-6-8-21(20)30(24)29-28-25/h5-14H,1-4H3,(H,26,27). The molecule has 5 rings (SSSR count). The van der Waals surface area contributed by atoms with Gasteiger partial charge >= 0.3 is 0 Å². The van der Waals surface area contributed by atoms with Crippen molar-refractivity contribution < 1.29 is 13.2 Å².